The Bertz CT molecular complexity index is 1640. The van der Waals surface area contributed by atoms with Crippen molar-refractivity contribution < 1.29 is 41.9 Å². The second-order valence-corrected chi connectivity index (χ2v) is 18.4. The Hall–Kier alpha value is -3.65. The number of nitrogens with one attached hydrogen (secondary N) is 2. The lowest BCUT2D eigenvalue weighted by atomic mass is 9.79. The van der Waals surface area contributed by atoms with Gasteiger partial charge in [-0.05, 0) is 107 Å². The van der Waals surface area contributed by atoms with Crippen molar-refractivity contribution in [3.8, 4) is 0 Å². The highest BCUT2D eigenvalue weighted by atomic mass is 32.2. The molecule has 3 spiro atoms. The van der Waals surface area contributed by atoms with Gasteiger partial charge in [-0.3, -0.25) is 34.2 Å². The first-order chi connectivity index (χ1) is 23.8. The Morgan fingerprint density at radius 2 is 1.38 bits per heavy atom. The Morgan fingerprint density at radius 3 is 1.82 bits per heavy atom. The summed E-state index contributed by atoms with van der Waals surface area (Å²) >= 11 is 0. The van der Waals surface area contributed by atoms with E-state index in [-0.39, 0.29) is 102 Å². The molecule has 2 atom stereocenters. The maximum atomic E-state index is 12.5. The smallest absolute Gasteiger partial charge is 0.424 e. The largest absolute Gasteiger partial charge is 0.443 e. The summed E-state index contributed by atoms with van der Waals surface area (Å²) in [5.41, 5.74) is 0.188. The lowest BCUT2D eigenvalue weighted by Crippen LogP contribution is -2.51. The highest BCUT2D eigenvalue weighted by molar-refractivity contribution is 7.88. The van der Waals surface area contributed by atoms with E-state index in [1.54, 1.807) is 20.8 Å². The van der Waals surface area contributed by atoms with Gasteiger partial charge >= 0.3 is 6.09 Å². The third kappa shape index (κ3) is 12.9. The van der Waals surface area contributed by atoms with E-state index in [9.17, 15) is 37.2 Å². The number of hydrogen-bond acceptors (Lipinski definition) is 10. The number of hydrogen-bond donors (Lipinski definition) is 2. The summed E-state index contributed by atoms with van der Waals surface area (Å²) in [4.78, 5) is 71.6. The van der Waals surface area contributed by atoms with E-state index in [1.807, 2.05) is 30.3 Å². The third-order valence-corrected chi connectivity index (χ3v) is 12.2. The van der Waals surface area contributed by atoms with Crippen molar-refractivity contribution in [1.29, 1.82) is 0 Å². The fourth-order valence-corrected chi connectivity index (χ4v) is 8.45. The summed E-state index contributed by atoms with van der Waals surface area (Å²) in [5.74, 6) is -1.19. The molecule has 14 heteroatoms. The summed E-state index contributed by atoms with van der Waals surface area (Å²) in [5, 5.41) is 5.60. The van der Waals surface area contributed by atoms with Gasteiger partial charge < -0.3 is 10.1 Å². The molecular weight excluding hydrogens is 737 g/mol. The van der Waals surface area contributed by atoms with Crippen LogP contribution in [0.25, 0.3) is 0 Å². The van der Waals surface area contributed by atoms with Crippen LogP contribution in [-0.2, 0) is 45.3 Å². The molecule has 6 aliphatic rings. The van der Waals surface area contributed by atoms with Gasteiger partial charge in [0.25, 0.3) is 0 Å². The van der Waals surface area contributed by atoms with Crippen molar-refractivity contribution in [3.63, 3.8) is 0 Å². The number of ether oxygens (including phenoxy) is 1. The van der Waals surface area contributed by atoms with E-state index in [1.165, 1.54) is 11.8 Å². The van der Waals surface area contributed by atoms with Crippen LogP contribution in [-0.4, -0.2) is 84.6 Å². The Labute approximate surface area is 337 Å². The van der Waals surface area contributed by atoms with Crippen molar-refractivity contribution in [1.82, 2.24) is 19.8 Å². The van der Waals surface area contributed by atoms with Gasteiger partial charge in [0.2, 0.25) is 33.7 Å². The van der Waals surface area contributed by atoms with Gasteiger partial charge in [0, 0.05) is 32.4 Å². The first-order valence-corrected chi connectivity index (χ1v) is 19.7. The zero-order valence-corrected chi connectivity index (χ0v) is 31.2. The van der Waals surface area contributed by atoms with Gasteiger partial charge in [0.05, 0.1) is 12.8 Å². The molecule has 1 aromatic carbocycles. The van der Waals surface area contributed by atoms with Crippen LogP contribution >= 0.6 is 0 Å². The van der Waals surface area contributed by atoms with Crippen LogP contribution in [0.2, 0.25) is 0 Å². The molecule has 3 aliphatic carbocycles. The molecule has 3 heterocycles. The zero-order valence-electron chi connectivity index (χ0n) is 30.4. The van der Waals surface area contributed by atoms with Crippen LogP contribution in [0.5, 0.6) is 0 Å². The molecule has 13 nitrogen and oxygen atoms in total. The van der Waals surface area contributed by atoms with E-state index in [4.69, 9.17) is 4.74 Å². The maximum Gasteiger partial charge on any atom is 0.424 e. The van der Waals surface area contributed by atoms with Gasteiger partial charge in [-0.2, -0.15) is 0 Å². The molecule has 56 heavy (non-hydrogen) atoms. The molecule has 2 unspecified atom stereocenters. The van der Waals surface area contributed by atoms with Crippen LogP contribution in [0, 0.1) is 28.1 Å². The predicted octanol–water partition coefficient (Wildman–Crippen LogP) is 6.89. The summed E-state index contributed by atoms with van der Waals surface area (Å²) in [6.07, 6.45) is 8.83. The molecule has 0 bridgehead atoms. The number of sulfonamides is 1. The van der Waals surface area contributed by atoms with Crippen molar-refractivity contribution in [2.45, 2.75) is 141 Å². The second-order valence-electron chi connectivity index (χ2n) is 16.5. The molecule has 2 N–H and O–H groups in total. The lowest BCUT2D eigenvalue weighted by Gasteiger charge is -2.36. The van der Waals surface area contributed by atoms with Crippen molar-refractivity contribution in [2.75, 3.05) is 25.9 Å². The van der Waals surface area contributed by atoms with Crippen molar-refractivity contribution in [3.05, 3.63) is 35.9 Å². The molecule has 6 fully saturated rings. The molecule has 1 aromatic rings. The van der Waals surface area contributed by atoms with Gasteiger partial charge in [-0.15, -0.1) is 0 Å². The van der Waals surface area contributed by atoms with Crippen LogP contribution < -0.4 is 10.6 Å². The third-order valence-electron chi connectivity index (χ3n) is 11.1. The Balaban J connectivity index is 0.000000813. The second kappa shape index (κ2) is 19.7. The maximum absolute atomic E-state index is 12.5. The summed E-state index contributed by atoms with van der Waals surface area (Å²) < 4.78 is 30.1. The highest BCUT2D eigenvalue weighted by Gasteiger charge is 2.60. The van der Waals surface area contributed by atoms with Gasteiger partial charge in [-0.25, -0.2) is 17.5 Å². The van der Waals surface area contributed by atoms with E-state index in [2.05, 4.69) is 10.6 Å². The molecule has 7 rings (SSSR count). The quantitative estimate of drug-likeness (QED) is 0.227. The number of Topliss-reactive ketones (excluding diaryl/α,β-unsaturated/α-hetero) is 1. The first kappa shape index (κ1) is 52.3. The Kier molecular flexibility index (Phi) is 18.4. The number of carbonyl (C=O) groups is 6. The minimum absolute atomic E-state index is 0. The SMILES string of the molecule is C.C.C.C.C.CC(=O)C1C(=O)N(Cc2ccccc2)C(=O)CC12CC2.CC(C)(C)OC(=O)N(CC1CNCCC12CC2)S(C)(=O)=O.O=C1CC2(CC2)CC(=O)N1. The molecular formula is C42H72N4O9S. The summed E-state index contributed by atoms with van der Waals surface area (Å²) in [6.45, 7) is 8.86. The molecule has 0 radical (unpaired) electrons. The highest BCUT2D eigenvalue weighted by Crippen LogP contribution is 2.58. The standard InChI is InChI=1S/C16H17NO3.C14H26N2O4S.C7H9NO2.5CH4/c1-11(18)14-15(20)17(10-12-5-3-2-4-6-12)13(19)9-16(14)7-8-16;1-13(2,3)20-12(17)16(21(4,18)19)10-11-9-15-8-7-14(11)5-6-14;9-5-3-7(1-2-7)4-6(10)8-5;;;;;/h2-6,14H,7-10H2,1H3;11,15H,5-10H2,1-4H3;1-4H2,(H,8,9,10);5*1H4. The summed E-state index contributed by atoms with van der Waals surface area (Å²) in [7, 11) is -3.63. The number of rotatable bonds is 6. The predicted molar refractivity (Wildman–Crippen MR) is 221 cm³/mol. The minimum Gasteiger partial charge on any atom is -0.443 e. The van der Waals surface area contributed by atoms with Crippen LogP contribution in [0.1, 0.15) is 135 Å². The average Bonchev–Trinajstić information content (AvgIpc) is 3.95. The number of imide groups is 2. The minimum atomic E-state index is -3.63. The summed E-state index contributed by atoms with van der Waals surface area (Å²) in [6, 6.07) is 9.40. The fraction of sp³-hybridized carbons (Fsp3) is 0.714. The Morgan fingerprint density at radius 1 is 0.839 bits per heavy atom. The molecule has 5 amide bonds. The number of carbonyl (C=O) groups excluding carboxylic acids is 6. The fourth-order valence-electron chi connectivity index (χ4n) is 7.69. The molecule has 320 valence electrons. The van der Waals surface area contributed by atoms with Gasteiger partial charge in [0.15, 0.2) is 0 Å². The molecule has 3 aliphatic heterocycles. The first-order valence-electron chi connectivity index (χ1n) is 17.9. The van der Waals surface area contributed by atoms with E-state index in [0.29, 0.717) is 19.3 Å². The van der Waals surface area contributed by atoms with Crippen molar-refractivity contribution >= 4 is 45.5 Å². The number of likely N-dealkylation sites (tertiary alicyclic amines) is 1. The number of nitrogens with zero attached hydrogens (tertiary/aromatic N) is 2. The molecule has 0 aromatic heterocycles. The number of benzene rings is 1. The lowest BCUT2D eigenvalue weighted by molar-refractivity contribution is -0.158. The van der Waals surface area contributed by atoms with E-state index in [0.717, 1.165) is 74.2 Å². The van der Waals surface area contributed by atoms with Crippen molar-refractivity contribution in [2.24, 2.45) is 28.1 Å². The van der Waals surface area contributed by atoms with Gasteiger partial charge in [-0.1, -0.05) is 67.5 Å². The monoisotopic (exact) mass is 809 g/mol. The average molecular weight is 809 g/mol. The number of amides is 5. The number of ketones is 1. The van der Waals surface area contributed by atoms with Gasteiger partial charge in [0.1, 0.15) is 17.3 Å². The zero-order chi connectivity index (χ0) is 37.4. The normalized spacial score (nSPS) is 22.9. The molecule has 3 saturated heterocycles. The van der Waals surface area contributed by atoms with Crippen LogP contribution in [0.3, 0.4) is 0 Å². The number of piperidine rings is 3. The van der Waals surface area contributed by atoms with Crippen LogP contribution in [0.4, 0.5) is 4.79 Å². The topological polar surface area (TPSA) is 176 Å². The van der Waals surface area contributed by atoms with Crippen LogP contribution in [0.15, 0.2) is 30.3 Å². The van der Waals surface area contributed by atoms with E-state index < -0.39 is 27.6 Å². The van der Waals surface area contributed by atoms with E-state index >= 15 is 0 Å². The molecule has 3 saturated carbocycles.